The number of hydrogen-bond donors (Lipinski definition) is 1. The van der Waals surface area contributed by atoms with E-state index in [2.05, 4.69) is 46.4 Å². The normalized spacial score (nSPS) is 26.4. The predicted octanol–water partition coefficient (Wildman–Crippen LogP) is 5.07. The van der Waals surface area contributed by atoms with Gasteiger partial charge < -0.3 is 5.32 Å². The number of fused-ring (bicyclic) bond motifs is 1. The van der Waals surface area contributed by atoms with Gasteiger partial charge in [-0.1, -0.05) is 38.3 Å². The summed E-state index contributed by atoms with van der Waals surface area (Å²) >= 11 is 3.70. The maximum absolute atomic E-state index is 3.86. The standard InChI is InChI=1S/C15H20BrN/c1-11-10-15(8-3-2-4-9-15)17-14-12(11)6-5-7-13(14)16/h5-7,11,17H,2-4,8-10H2,1H3/t11-/m1/s1. The minimum atomic E-state index is 0.383. The van der Waals surface area contributed by atoms with Crippen molar-refractivity contribution in [3.05, 3.63) is 28.2 Å². The van der Waals surface area contributed by atoms with Crippen molar-refractivity contribution in [2.45, 2.75) is 56.9 Å². The Labute approximate surface area is 112 Å². The van der Waals surface area contributed by atoms with Gasteiger partial charge in [0.05, 0.1) is 5.69 Å². The fraction of sp³-hybridized carbons (Fsp3) is 0.600. The van der Waals surface area contributed by atoms with E-state index in [9.17, 15) is 0 Å². The van der Waals surface area contributed by atoms with E-state index in [0.29, 0.717) is 11.5 Å². The molecule has 1 N–H and O–H groups in total. The molecule has 1 aromatic rings. The lowest BCUT2D eigenvalue weighted by Gasteiger charge is -2.45. The number of halogens is 1. The first-order chi connectivity index (χ1) is 8.20. The van der Waals surface area contributed by atoms with Crippen molar-refractivity contribution in [3.8, 4) is 0 Å². The second-order valence-corrected chi connectivity index (χ2v) is 6.63. The zero-order valence-corrected chi connectivity index (χ0v) is 12.0. The molecule has 0 bridgehead atoms. The number of nitrogens with one attached hydrogen (secondary N) is 1. The second-order valence-electron chi connectivity index (χ2n) is 5.78. The van der Waals surface area contributed by atoms with Crippen molar-refractivity contribution < 1.29 is 0 Å². The van der Waals surface area contributed by atoms with E-state index < -0.39 is 0 Å². The number of benzene rings is 1. The fourth-order valence-corrected chi connectivity index (χ4v) is 4.13. The summed E-state index contributed by atoms with van der Waals surface area (Å²) in [7, 11) is 0. The van der Waals surface area contributed by atoms with Gasteiger partial charge >= 0.3 is 0 Å². The first-order valence-electron chi connectivity index (χ1n) is 6.77. The van der Waals surface area contributed by atoms with E-state index in [0.717, 1.165) is 0 Å². The van der Waals surface area contributed by atoms with Gasteiger partial charge in [0.1, 0.15) is 0 Å². The molecular formula is C15H20BrN. The summed E-state index contributed by atoms with van der Waals surface area (Å²) in [4.78, 5) is 0. The largest absolute Gasteiger partial charge is 0.378 e. The predicted molar refractivity (Wildman–Crippen MR) is 76.6 cm³/mol. The van der Waals surface area contributed by atoms with Crippen LogP contribution in [0.15, 0.2) is 22.7 Å². The molecule has 1 aliphatic carbocycles. The van der Waals surface area contributed by atoms with Crippen LogP contribution in [-0.4, -0.2) is 5.54 Å². The molecule has 3 rings (SSSR count). The van der Waals surface area contributed by atoms with E-state index >= 15 is 0 Å². The molecule has 0 unspecified atom stereocenters. The zero-order chi connectivity index (χ0) is 11.9. The van der Waals surface area contributed by atoms with Gasteiger partial charge in [0, 0.05) is 10.0 Å². The molecule has 1 saturated carbocycles. The molecule has 0 amide bonds. The number of hydrogen-bond acceptors (Lipinski definition) is 1. The molecule has 0 aromatic heterocycles. The van der Waals surface area contributed by atoms with Crippen LogP contribution in [0.25, 0.3) is 0 Å². The van der Waals surface area contributed by atoms with Gasteiger partial charge in [0.2, 0.25) is 0 Å². The minimum absolute atomic E-state index is 0.383. The van der Waals surface area contributed by atoms with Crippen LogP contribution in [0.4, 0.5) is 5.69 Å². The summed E-state index contributed by atoms with van der Waals surface area (Å²) in [5, 5.41) is 3.86. The Kier molecular flexibility index (Phi) is 2.94. The molecule has 17 heavy (non-hydrogen) atoms. The number of para-hydroxylation sites is 1. The smallest absolute Gasteiger partial charge is 0.0524 e. The third-order valence-corrected chi connectivity index (χ3v) is 5.14. The third kappa shape index (κ3) is 2.01. The summed E-state index contributed by atoms with van der Waals surface area (Å²) < 4.78 is 1.23. The highest BCUT2D eigenvalue weighted by Crippen LogP contribution is 2.47. The molecule has 1 atom stereocenters. The maximum atomic E-state index is 3.86. The third-order valence-electron chi connectivity index (χ3n) is 4.47. The summed E-state index contributed by atoms with van der Waals surface area (Å²) in [5.41, 5.74) is 3.22. The van der Waals surface area contributed by atoms with Crippen LogP contribution in [0.1, 0.15) is 56.9 Å². The molecule has 1 heterocycles. The minimum Gasteiger partial charge on any atom is -0.378 e. The topological polar surface area (TPSA) is 12.0 Å². The van der Waals surface area contributed by atoms with Crippen LogP contribution < -0.4 is 5.32 Å². The summed E-state index contributed by atoms with van der Waals surface area (Å²) in [6.45, 7) is 2.38. The van der Waals surface area contributed by atoms with Crippen LogP contribution >= 0.6 is 15.9 Å². The molecule has 92 valence electrons. The van der Waals surface area contributed by atoms with Gasteiger partial charge in [0.25, 0.3) is 0 Å². The monoisotopic (exact) mass is 293 g/mol. The van der Waals surface area contributed by atoms with E-state index in [1.807, 2.05) is 0 Å². The summed E-state index contributed by atoms with van der Waals surface area (Å²) in [6.07, 6.45) is 8.19. The van der Waals surface area contributed by atoms with Crippen molar-refractivity contribution >= 4 is 21.6 Å². The van der Waals surface area contributed by atoms with Crippen LogP contribution in [0.3, 0.4) is 0 Å². The van der Waals surface area contributed by atoms with E-state index in [4.69, 9.17) is 0 Å². The Morgan fingerprint density at radius 3 is 2.76 bits per heavy atom. The highest BCUT2D eigenvalue weighted by molar-refractivity contribution is 9.10. The molecule has 1 fully saturated rings. The quantitative estimate of drug-likeness (QED) is 0.704. The molecule has 0 saturated heterocycles. The summed E-state index contributed by atoms with van der Waals surface area (Å²) in [5.74, 6) is 0.682. The lowest BCUT2D eigenvalue weighted by molar-refractivity contribution is 0.281. The van der Waals surface area contributed by atoms with Crippen molar-refractivity contribution in [2.24, 2.45) is 0 Å². The maximum Gasteiger partial charge on any atom is 0.0524 e. The first-order valence-corrected chi connectivity index (χ1v) is 7.56. The highest BCUT2D eigenvalue weighted by atomic mass is 79.9. The van der Waals surface area contributed by atoms with Gasteiger partial charge in [0.15, 0.2) is 0 Å². The zero-order valence-electron chi connectivity index (χ0n) is 10.4. The lowest BCUT2D eigenvalue weighted by atomic mass is 9.72. The molecule has 1 aliphatic heterocycles. The Hall–Kier alpha value is -0.500. The second kappa shape index (κ2) is 4.31. The van der Waals surface area contributed by atoms with Crippen molar-refractivity contribution in [1.29, 1.82) is 0 Å². The highest BCUT2D eigenvalue weighted by Gasteiger charge is 2.38. The molecule has 1 spiro atoms. The van der Waals surface area contributed by atoms with Crippen molar-refractivity contribution in [1.82, 2.24) is 0 Å². The summed E-state index contributed by atoms with van der Waals surface area (Å²) in [6, 6.07) is 6.58. The van der Waals surface area contributed by atoms with E-state index in [1.54, 1.807) is 0 Å². The van der Waals surface area contributed by atoms with Gasteiger partial charge in [-0.15, -0.1) is 0 Å². The lowest BCUT2D eigenvalue weighted by Crippen LogP contribution is -2.44. The van der Waals surface area contributed by atoms with Crippen LogP contribution in [0, 0.1) is 0 Å². The van der Waals surface area contributed by atoms with Crippen molar-refractivity contribution in [2.75, 3.05) is 5.32 Å². The molecule has 2 aliphatic rings. The Bertz CT molecular complexity index is 421. The van der Waals surface area contributed by atoms with Crippen LogP contribution in [0.2, 0.25) is 0 Å². The Morgan fingerprint density at radius 1 is 1.24 bits per heavy atom. The van der Waals surface area contributed by atoms with Gasteiger partial charge in [-0.2, -0.15) is 0 Å². The fourth-order valence-electron chi connectivity index (χ4n) is 3.65. The molecule has 1 aromatic carbocycles. The molecule has 0 radical (unpaired) electrons. The van der Waals surface area contributed by atoms with Gasteiger partial charge in [-0.05, 0) is 52.7 Å². The molecule has 1 nitrogen and oxygen atoms in total. The van der Waals surface area contributed by atoms with Crippen LogP contribution in [0.5, 0.6) is 0 Å². The SMILES string of the molecule is C[C@@H]1CC2(CCCCC2)Nc2c(Br)cccc21. The number of anilines is 1. The van der Waals surface area contributed by atoms with Crippen molar-refractivity contribution in [3.63, 3.8) is 0 Å². The molecule has 2 heteroatoms. The van der Waals surface area contributed by atoms with E-state index in [-0.39, 0.29) is 0 Å². The molecular weight excluding hydrogens is 274 g/mol. The van der Waals surface area contributed by atoms with Crippen LogP contribution in [-0.2, 0) is 0 Å². The average Bonchev–Trinajstić information content (AvgIpc) is 2.32. The Balaban J connectivity index is 1.99. The first kappa shape index (κ1) is 11.6. The number of rotatable bonds is 0. The average molecular weight is 294 g/mol. The Morgan fingerprint density at radius 2 is 2.00 bits per heavy atom. The van der Waals surface area contributed by atoms with Gasteiger partial charge in [-0.25, -0.2) is 0 Å². The van der Waals surface area contributed by atoms with E-state index in [1.165, 1.54) is 54.2 Å². The van der Waals surface area contributed by atoms with Gasteiger partial charge in [-0.3, -0.25) is 0 Å².